The summed E-state index contributed by atoms with van der Waals surface area (Å²) in [5, 5.41) is 0. The monoisotopic (exact) mass is 675 g/mol. The summed E-state index contributed by atoms with van der Waals surface area (Å²) in [6.07, 6.45) is 42.5. The van der Waals surface area contributed by atoms with Crippen molar-refractivity contribution in [1.82, 2.24) is 0 Å². The average molecular weight is 675 g/mol. The van der Waals surface area contributed by atoms with E-state index in [2.05, 4.69) is 91.0 Å². The first-order valence-electron chi connectivity index (χ1n) is 21.5. The van der Waals surface area contributed by atoms with Gasteiger partial charge in [0.05, 0.1) is 0 Å². The number of unbranched alkanes of at least 4 members (excludes halogenated alkanes) is 8. The minimum Gasteiger partial charge on any atom is -0.462 e. The van der Waals surface area contributed by atoms with Gasteiger partial charge in [0.15, 0.2) is 0 Å². The molecule has 0 aromatic heterocycles. The van der Waals surface area contributed by atoms with Crippen LogP contribution in [0, 0.1) is 52.3 Å². The SMILES string of the molecule is CCCCC/C=C\C/C=C\CCCCCCCC(=O)O[C@H]1CC[C@@]2(C)C(=CC[C@H]3[C@@H]4CC[C@H]([C@H](C)C=C[C@@H](CC)C(C)C)[C@@]4(C)CC[C@@H]32)C1. The fourth-order valence-electron chi connectivity index (χ4n) is 11.2. The molecule has 9 atom stereocenters. The highest BCUT2D eigenvalue weighted by atomic mass is 16.5. The largest absolute Gasteiger partial charge is 0.462 e. The second kappa shape index (κ2) is 19.9. The Morgan fingerprint density at radius 3 is 2.27 bits per heavy atom. The normalized spacial score (nSPS) is 32.7. The first kappa shape index (κ1) is 40.2. The summed E-state index contributed by atoms with van der Waals surface area (Å²) in [5.41, 5.74) is 2.42. The van der Waals surface area contributed by atoms with E-state index in [0.29, 0.717) is 29.1 Å². The fraction of sp³-hybridized carbons (Fsp3) is 0.809. The molecule has 3 fully saturated rings. The van der Waals surface area contributed by atoms with Gasteiger partial charge < -0.3 is 4.74 Å². The third-order valence-electron chi connectivity index (χ3n) is 14.4. The first-order chi connectivity index (χ1) is 23.6. The van der Waals surface area contributed by atoms with Crippen LogP contribution in [-0.4, -0.2) is 12.1 Å². The lowest BCUT2D eigenvalue weighted by molar-refractivity contribution is -0.151. The number of hydrogen-bond donors (Lipinski definition) is 0. The lowest BCUT2D eigenvalue weighted by Crippen LogP contribution is -2.51. The quantitative estimate of drug-likeness (QED) is 0.0730. The highest BCUT2D eigenvalue weighted by molar-refractivity contribution is 5.69. The summed E-state index contributed by atoms with van der Waals surface area (Å²) < 4.78 is 6.13. The van der Waals surface area contributed by atoms with Gasteiger partial charge in [0.1, 0.15) is 6.10 Å². The molecule has 2 heteroatoms. The van der Waals surface area contributed by atoms with E-state index in [1.54, 1.807) is 5.57 Å². The number of carbonyl (C=O) groups excluding carboxylic acids is 1. The van der Waals surface area contributed by atoms with E-state index in [4.69, 9.17) is 4.74 Å². The molecular formula is C47H78O2. The Labute approximate surface area is 304 Å². The fourth-order valence-corrected chi connectivity index (χ4v) is 11.2. The summed E-state index contributed by atoms with van der Waals surface area (Å²) in [5.74, 6) is 5.51. The molecule has 0 spiro atoms. The molecule has 0 saturated heterocycles. The summed E-state index contributed by atoms with van der Waals surface area (Å²) in [6.45, 7) is 17.1. The van der Waals surface area contributed by atoms with Crippen molar-refractivity contribution < 1.29 is 9.53 Å². The molecule has 49 heavy (non-hydrogen) atoms. The van der Waals surface area contributed by atoms with Gasteiger partial charge in [0.25, 0.3) is 0 Å². The second-order valence-electron chi connectivity index (χ2n) is 17.9. The highest BCUT2D eigenvalue weighted by Gasteiger charge is 2.59. The Bertz CT molecular complexity index is 1110. The Kier molecular flexibility index (Phi) is 16.3. The number of esters is 1. The minimum absolute atomic E-state index is 0.0424. The van der Waals surface area contributed by atoms with E-state index >= 15 is 0 Å². The topological polar surface area (TPSA) is 26.3 Å². The zero-order chi connectivity index (χ0) is 35.3. The zero-order valence-electron chi connectivity index (χ0n) is 33.3. The van der Waals surface area contributed by atoms with Crippen LogP contribution in [-0.2, 0) is 9.53 Å². The van der Waals surface area contributed by atoms with Gasteiger partial charge in [-0.3, -0.25) is 4.79 Å². The number of fused-ring (bicyclic) bond motifs is 5. The standard InChI is InChI=1S/C47H78O2/c1-8-10-11-12-13-14-15-16-17-18-19-20-21-22-23-24-45(48)49-40-31-33-46(6)39(35-40)27-28-41-43-30-29-42(47(43,7)34-32-44(41)46)37(5)25-26-38(9-2)36(3)4/h13-14,16-17,25-27,36-38,40-44H,8-12,15,18-24,28-35H2,1-7H3/b14-13-,17-16-,26-25?/t37-,38-,40+,41+,42-,43+,44+,46+,47-/m1/s1. The third kappa shape index (κ3) is 10.7. The van der Waals surface area contributed by atoms with Gasteiger partial charge >= 0.3 is 5.97 Å². The van der Waals surface area contributed by atoms with Crippen LogP contribution in [0.15, 0.2) is 48.1 Å². The molecule has 0 aromatic carbocycles. The average Bonchev–Trinajstić information content (AvgIpc) is 3.44. The van der Waals surface area contributed by atoms with Crippen molar-refractivity contribution in [3.05, 3.63) is 48.1 Å². The molecule has 278 valence electrons. The van der Waals surface area contributed by atoms with Crippen LogP contribution in [0.3, 0.4) is 0 Å². The van der Waals surface area contributed by atoms with Crippen molar-refractivity contribution in [2.45, 2.75) is 189 Å². The molecule has 0 aliphatic heterocycles. The highest BCUT2D eigenvalue weighted by Crippen LogP contribution is 2.67. The van der Waals surface area contributed by atoms with Gasteiger partial charge in [-0.2, -0.15) is 0 Å². The Hall–Kier alpha value is -1.57. The number of ether oxygens (including phenoxy) is 1. The van der Waals surface area contributed by atoms with Crippen molar-refractivity contribution >= 4 is 5.97 Å². The summed E-state index contributed by atoms with van der Waals surface area (Å²) in [7, 11) is 0. The predicted octanol–water partition coefficient (Wildman–Crippen LogP) is 14.2. The molecule has 4 aliphatic rings. The van der Waals surface area contributed by atoms with Crippen LogP contribution in [0.4, 0.5) is 0 Å². The van der Waals surface area contributed by atoms with Crippen LogP contribution in [0.1, 0.15) is 183 Å². The van der Waals surface area contributed by atoms with Crippen LogP contribution >= 0.6 is 0 Å². The first-order valence-corrected chi connectivity index (χ1v) is 21.5. The lowest BCUT2D eigenvalue weighted by Gasteiger charge is -2.58. The Balaban J connectivity index is 1.16. The van der Waals surface area contributed by atoms with Gasteiger partial charge in [0.2, 0.25) is 0 Å². The van der Waals surface area contributed by atoms with Crippen LogP contribution in [0.2, 0.25) is 0 Å². The molecule has 4 rings (SSSR count). The van der Waals surface area contributed by atoms with E-state index in [1.165, 1.54) is 96.3 Å². The molecule has 3 saturated carbocycles. The van der Waals surface area contributed by atoms with Crippen molar-refractivity contribution in [1.29, 1.82) is 0 Å². The van der Waals surface area contributed by atoms with Crippen molar-refractivity contribution in [3.8, 4) is 0 Å². The second-order valence-corrected chi connectivity index (χ2v) is 17.9. The smallest absolute Gasteiger partial charge is 0.306 e. The molecule has 0 bridgehead atoms. The van der Waals surface area contributed by atoms with Gasteiger partial charge in [-0.1, -0.05) is 129 Å². The van der Waals surface area contributed by atoms with Crippen molar-refractivity contribution in [2.24, 2.45) is 52.3 Å². The number of hydrogen-bond acceptors (Lipinski definition) is 2. The van der Waals surface area contributed by atoms with Gasteiger partial charge in [-0.05, 0) is 142 Å². The lowest BCUT2D eigenvalue weighted by atomic mass is 9.47. The van der Waals surface area contributed by atoms with E-state index in [1.807, 2.05) is 0 Å². The van der Waals surface area contributed by atoms with Crippen LogP contribution in [0.25, 0.3) is 0 Å². The Morgan fingerprint density at radius 1 is 0.837 bits per heavy atom. The third-order valence-corrected chi connectivity index (χ3v) is 14.4. The minimum atomic E-state index is 0.0424. The summed E-state index contributed by atoms with van der Waals surface area (Å²) >= 11 is 0. The van der Waals surface area contributed by atoms with E-state index < -0.39 is 0 Å². The van der Waals surface area contributed by atoms with E-state index in [-0.39, 0.29) is 12.1 Å². The maximum atomic E-state index is 12.8. The molecule has 0 N–H and O–H groups in total. The summed E-state index contributed by atoms with van der Waals surface area (Å²) in [6, 6.07) is 0. The molecule has 0 unspecified atom stereocenters. The Morgan fingerprint density at radius 2 is 1.55 bits per heavy atom. The molecule has 4 aliphatic carbocycles. The molecule has 2 nitrogen and oxygen atoms in total. The molecule has 0 amide bonds. The van der Waals surface area contributed by atoms with Gasteiger partial charge in [-0.25, -0.2) is 0 Å². The molecule has 0 heterocycles. The predicted molar refractivity (Wildman–Crippen MR) is 211 cm³/mol. The van der Waals surface area contributed by atoms with E-state index in [0.717, 1.165) is 61.7 Å². The van der Waals surface area contributed by atoms with Gasteiger partial charge in [-0.15, -0.1) is 0 Å². The van der Waals surface area contributed by atoms with E-state index in [9.17, 15) is 4.79 Å². The summed E-state index contributed by atoms with van der Waals surface area (Å²) in [4.78, 5) is 12.8. The molecule has 0 aromatic rings. The number of allylic oxidation sites excluding steroid dienone is 7. The van der Waals surface area contributed by atoms with Crippen molar-refractivity contribution in [3.63, 3.8) is 0 Å². The van der Waals surface area contributed by atoms with Crippen LogP contribution < -0.4 is 0 Å². The number of rotatable bonds is 20. The van der Waals surface area contributed by atoms with Gasteiger partial charge in [0, 0.05) is 12.8 Å². The maximum Gasteiger partial charge on any atom is 0.306 e. The van der Waals surface area contributed by atoms with Crippen molar-refractivity contribution in [2.75, 3.05) is 0 Å². The van der Waals surface area contributed by atoms with Crippen LogP contribution in [0.5, 0.6) is 0 Å². The molecule has 0 radical (unpaired) electrons. The maximum absolute atomic E-state index is 12.8. The number of carbonyl (C=O) groups is 1. The molecular weight excluding hydrogens is 597 g/mol. The zero-order valence-corrected chi connectivity index (χ0v) is 33.3.